The Bertz CT molecular complexity index is 3080. The van der Waals surface area contributed by atoms with Gasteiger partial charge in [0.25, 0.3) is 0 Å². The first-order valence-corrected chi connectivity index (χ1v) is 20.8. The summed E-state index contributed by atoms with van der Waals surface area (Å²) in [5.74, 6) is 0. The van der Waals surface area contributed by atoms with Gasteiger partial charge >= 0.3 is 0 Å². The Morgan fingerprint density at radius 3 is 1.24 bits per heavy atom. The highest BCUT2D eigenvalue weighted by molar-refractivity contribution is 5.98. The summed E-state index contributed by atoms with van der Waals surface area (Å²) < 4.78 is 0. The molecule has 0 radical (unpaired) electrons. The molecule has 0 N–H and O–H groups in total. The van der Waals surface area contributed by atoms with Gasteiger partial charge in [0.2, 0.25) is 0 Å². The molecule has 0 aromatic heterocycles. The van der Waals surface area contributed by atoms with Crippen molar-refractivity contribution in [2.75, 3.05) is 4.90 Å². The number of rotatable bonds is 4. The average Bonchev–Trinajstić information content (AvgIpc) is 3.67. The van der Waals surface area contributed by atoms with Crippen LogP contribution in [0.3, 0.4) is 0 Å². The molecule has 0 bridgehead atoms. The SMILES string of the molecule is CC1(C)c2ccccc2-c2ccc(N(c3cccc(-c4ccccc4)c3)c3ccc4c(c3)C3(c5ccccc5-c5ccccc5-c5ccccc53)c3ccccc3-4)cc21. The molecule has 0 atom stereocenters. The summed E-state index contributed by atoms with van der Waals surface area (Å²) >= 11 is 0. The molecule has 1 spiro atoms. The van der Waals surface area contributed by atoms with Crippen LogP contribution in [0.25, 0.3) is 55.6 Å². The van der Waals surface area contributed by atoms with Crippen molar-refractivity contribution in [3.63, 3.8) is 0 Å². The van der Waals surface area contributed by atoms with E-state index in [1.807, 2.05) is 0 Å². The van der Waals surface area contributed by atoms with Crippen LogP contribution in [-0.2, 0) is 10.8 Å². The number of benzene rings is 9. The van der Waals surface area contributed by atoms with Crippen molar-refractivity contribution in [2.24, 2.45) is 0 Å². The maximum absolute atomic E-state index is 2.52. The Hall–Kier alpha value is -7.22. The lowest BCUT2D eigenvalue weighted by Crippen LogP contribution is -2.29. The Kier molecular flexibility index (Phi) is 7.26. The summed E-state index contributed by atoms with van der Waals surface area (Å²) in [4.78, 5) is 2.49. The zero-order valence-corrected chi connectivity index (χ0v) is 33.2. The van der Waals surface area contributed by atoms with Gasteiger partial charge in [-0.25, -0.2) is 0 Å². The largest absolute Gasteiger partial charge is 0.310 e. The molecule has 1 nitrogen and oxygen atoms in total. The van der Waals surface area contributed by atoms with Crippen molar-refractivity contribution in [1.29, 1.82) is 0 Å². The van der Waals surface area contributed by atoms with Crippen molar-refractivity contribution < 1.29 is 0 Å². The molecule has 0 amide bonds. The lowest BCUT2D eigenvalue weighted by atomic mass is 9.66. The van der Waals surface area contributed by atoms with Crippen LogP contribution in [0.5, 0.6) is 0 Å². The van der Waals surface area contributed by atoms with Crippen molar-refractivity contribution in [3.8, 4) is 55.6 Å². The van der Waals surface area contributed by atoms with Crippen LogP contribution in [0.4, 0.5) is 17.1 Å². The van der Waals surface area contributed by atoms with Crippen LogP contribution < -0.4 is 4.90 Å². The Morgan fingerprint density at radius 2 is 0.661 bits per heavy atom. The number of nitrogens with zero attached hydrogens (tertiary/aromatic N) is 1. The fraction of sp³-hybridized carbons (Fsp3) is 0.0690. The summed E-state index contributed by atoms with van der Waals surface area (Å²) in [6, 6.07) is 79.5. The van der Waals surface area contributed by atoms with Gasteiger partial charge in [-0.3, -0.25) is 0 Å². The van der Waals surface area contributed by atoms with Gasteiger partial charge in [-0.05, 0) is 125 Å². The first-order chi connectivity index (χ1) is 29.0. The van der Waals surface area contributed by atoms with Crippen LogP contribution in [0.15, 0.2) is 212 Å². The van der Waals surface area contributed by atoms with E-state index < -0.39 is 5.41 Å². The first-order valence-electron chi connectivity index (χ1n) is 20.8. The molecule has 9 aromatic carbocycles. The van der Waals surface area contributed by atoms with Crippen molar-refractivity contribution >= 4 is 17.1 Å². The third-order valence-corrected chi connectivity index (χ3v) is 13.5. The molecule has 9 aromatic rings. The third-order valence-electron chi connectivity index (χ3n) is 13.5. The molecule has 0 unspecified atom stereocenters. The van der Waals surface area contributed by atoms with E-state index in [0.29, 0.717) is 0 Å². The molecule has 3 aliphatic rings. The molecular weight excluding hydrogens is 711 g/mol. The summed E-state index contributed by atoms with van der Waals surface area (Å²) in [5, 5.41) is 0. The fourth-order valence-electron chi connectivity index (χ4n) is 10.9. The minimum atomic E-state index is -0.562. The van der Waals surface area contributed by atoms with Gasteiger partial charge in [-0.1, -0.05) is 190 Å². The lowest BCUT2D eigenvalue weighted by molar-refractivity contribution is 0.660. The Balaban J connectivity index is 1.15. The normalized spacial score (nSPS) is 14.2. The Labute approximate surface area is 346 Å². The maximum atomic E-state index is 2.52. The summed E-state index contributed by atoms with van der Waals surface area (Å²) in [6.07, 6.45) is 0. The predicted octanol–water partition coefficient (Wildman–Crippen LogP) is 15.1. The van der Waals surface area contributed by atoms with Crippen molar-refractivity contribution in [3.05, 3.63) is 246 Å². The van der Waals surface area contributed by atoms with E-state index in [-0.39, 0.29) is 5.41 Å². The third kappa shape index (κ3) is 4.73. The lowest BCUT2D eigenvalue weighted by Gasteiger charge is -2.36. The molecule has 0 heterocycles. The second-order valence-electron chi connectivity index (χ2n) is 16.8. The minimum Gasteiger partial charge on any atom is -0.310 e. The zero-order valence-electron chi connectivity index (χ0n) is 33.2. The molecule has 0 saturated carbocycles. The zero-order chi connectivity index (χ0) is 39.3. The average molecular weight is 752 g/mol. The summed E-state index contributed by atoms with van der Waals surface area (Å²) in [6.45, 7) is 4.74. The van der Waals surface area contributed by atoms with Crippen LogP contribution in [-0.4, -0.2) is 0 Å². The highest BCUT2D eigenvalue weighted by atomic mass is 15.1. The van der Waals surface area contributed by atoms with E-state index in [9.17, 15) is 0 Å². The van der Waals surface area contributed by atoms with Crippen molar-refractivity contribution in [1.82, 2.24) is 0 Å². The van der Waals surface area contributed by atoms with E-state index in [1.54, 1.807) is 0 Å². The van der Waals surface area contributed by atoms with Crippen LogP contribution in [0.1, 0.15) is 47.2 Å². The van der Waals surface area contributed by atoms with E-state index >= 15 is 0 Å². The minimum absolute atomic E-state index is 0.133. The molecule has 278 valence electrons. The number of fused-ring (bicyclic) bond motifs is 15. The molecule has 1 heteroatoms. The van der Waals surface area contributed by atoms with Crippen molar-refractivity contribution in [2.45, 2.75) is 24.7 Å². The first kappa shape index (κ1) is 33.9. The molecule has 12 rings (SSSR count). The summed E-state index contributed by atoms with van der Waals surface area (Å²) in [5.41, 5.74) is 23.4. The second-order valence-corrected chi connectivity index (χ2v) is 16.8. The molecule has 0 fully saturated rings. The van der Waals surface area contributed by atoms with E-state index in [4.69, 9.17) is 0 Å². The molecule has 0 aliphatic heterocycles. The van der Waals surface area contributed by atoms with Gasteiger partial charge in [0.1, 0.15) is 0 Å². The van der Waals surface area contributed by atoms with Crippen LogP contribution >= 0.6 is 0 Å². The summed E-state index contributed by atoms with van der Waals surface area (Å²) in [7, 11) is 0. The second kappa shape index (κ2) is 12.6. The monoisotopic (exact) mass is 751 g/mol. The number of hydrogen-bond acceptors (Lipinski definition) is 1. The topological polar surface area (TPSA) is 3.24 Å². The van der Waals surface area contributed by atoms with Gasteiger partial charge < -0.3 is 4.90 Å². The van der Waals surface area contributed by atoms with Gasteiger partial charge in [0.15, 0.2) is 0 Å². The fourth-order valence-corrected chi connectivity index (χ4v) is 10.9. The van der Waals surface area contributed by atoms with Gasteiger partial charge in [-0.2, -0.15) is 0 Å². The number of hydrogen-bond donors (Lipinski definition) is 0. The van der Waals surface area contributed by atoms with Gasteiger partial charge in [0, 0.05) is 22.5 Å². The molecular formula is C58H41N. The van der Waals surface area contributed by atoms with Gasteiger partial charge in [0.05, 0.1) is 5.41 Å². The number of anilines is 3. The van der Waals surface area contributed by atoms with Gasteiger partial charge in [-0.15, -0.1) is 0 Å². The highest BCUT2D eigenvalue weighted by Gasteiger charge is 2.50. The quantitative estimate of drug-likeness (QED) is 0.173. The van der Waals surface area contributed by atoms with Crippen LogP contribution in [0, 0.1) is 0 Å². The van der Waals surface area contributed by atoms with Crippen LogP contribution in [0.2, 0.25) is 0 Å². The predicted molar refractivity (Wildman–Crippen MR) is 246 cm³/mol. The van der Waals surface area contributed by atoms with E-state index in [1.165, 1.54) is 89.0 Å². The molecule has 0 saturated heterocycles. The molecule has 59 heavy (non-hydrogen) atoms. The highest BCUT2D eigenvalue weighted by Crippen LogP contribution is 2.62. The maximum Gasteiger partial charge on any atom is 0.0726 e. The smallest absolute Gasteiger partial charge is 0.0726 e. The molecule has 3 aliphatic carbocycles. The van der Waals surface area contributed by atoms with E-state index in [2.05, 4.69) is 231 Å². The Morgan fingerprint density at radius 1 is 0.271 bits per heavy atom. The standard InChI is InChI=1S/C58H41N/c1-57(2)51-27-12-8-25-47(51)49-33-31-41(36-55(49)57)59(40-20-16-19-39(35-40)38-17-4-3-5-18-38)42-32-34-50-48-26-11-15-30-54(48)58(56(50)37-42)52-28-13-9-23-45(52)43-21-6-7-22-44(43)46-24-10-14-29-53(46)58/h3-37H,1-2H3. The van der Waals surface area contributed by atoms with E-state index in [0.717, 1.165) is 17.1 Å².